The summed E-state index contributed by atoms with van der Waals surface area (Å²) in [6, 6.07) is 24.1. The Morgan fingerprint density at radius 1 is 0.903 bits per heavy atom. The fraction of sp³-hybridized carbons (Fsp3) is 0.231. The molecule has 0 atom stereocenters. The number of amides is 1. The van der Waals surface area contributed by atoms with Crippen molar-refractivity contribution in [2.45, 2.75) is 25.7 Å². The number of anilines is 1. The quantitative estimate of drug-likeness (QED) is 0.445. The smallest absolute Gasteiger partial charge is 0.224 e. The van der Waals surface area contributed by atoms with Crippen LogP contribution in [0.5, 0.6) is 5.75 Å². The number of carbonyl (C=O) groups excluding carboxylic acids is 1. The van der Waals surface area contributed by atoms with E-state index >= 15 is 0 Å². The minimum atomic E-state index is 0.0169. The van der Waals surface area contributed by atoms with Gasteiger partial charge >= 0.3 is 0 Å². The topological polar surface area (TPSA) is 56.1 Å². The van der Waals surface area contributed by atoms with Crippen LogP contribution in [0, 0.1) is 0 Å². The van der Waals surface area contributed by atoms with Gasteiger partial charge in [0.05, 0.1) is 18.1 Å². The van der Waals surface area contributed by atoms with Gasteiger partial charge in [-0.25, -0.2) is 4.98 Å². The number of fused-ring (bicyclic) bond motifs is 1. The molecule has 1 N–H and O–H groups in total. The van der Waals surface area contributed by atoms with Crippen molar-refractivity contribution >= 4 is 22.6 Å². The summed E-state index contributed by atoms with van der Waals surface area (Å²) in [5.74, 6) is 1.92. The van der Waals surface area contributed by atoms with Crippen LogP contribution >= 0.6 is 0 Å². The average Bonchev–Trinajstić information content (AvgIpc) is 3.13. The van der Waals surface area contributed by atoms with Crippen LogP contribution in [0.15, 0.2) is 72.8 Å². The Kier molecular flexibility index (Phi) is 6.32. The lowest BCUT2D eigenvalue weighted by Gasteiger charge is -2.08. The van der Waals surface area contributed by atoms with Crippen molar-refractivity contribution in [1.29, 1.82) is 0 Å². The molecule has 1 amide bonds. The first-order chi connectivity index (χ1) is 15.1. The Balaban J connectivity index is 1.28. The van der Waals surface area contributed by atoms with E-state index in [0.29, 0.717) is 12.8 Å². The fourth-order valence-electron chi connectivity index (χ4n) is 3.70. The molecule has 1 heterocycles. The van der Waals surface area contributed by atoms with Crippen molar-refractivity contribution in [3.63, 3.8) is 0 Å². The molecule has 5 nitrogen and oxygen atoms in total. The summed E-state index contributed by atoms with van der Waals surface area (Å²) in [6.45, 7) is 0. The molecule has 3 aromatic carbocycles. The van der Waals surface area contributed by atoms with Crippen LogP contribution in [-0.2, 0) is 31.1 Å². The minimum absolute atomic E-state index is 0.0169. The van der Waals surface area contributed by atoms with Crippen LogP contribution in [0.3, 0.4) is 0 Å². The molecule has 0 radical (unpaired) electrons. The first-order valence-electron chi connectivity index (χ1n) is 10.5. The van der Waals surface area contributed by atoms with Gasteiger partial charge in [-0.2, -0.15) is 0 Å². The van der Waals surface area contributed by atoms with E-state index in [1.54, 1.807) is 7.11 Å². The monoisotopic (exact) mass is 413 g/mol. The first kappa shape index (κ1) is 20.7. The number of carbonyl (C=O) groups is 1. The summed E-state index contributed by atoms with van der Waals surface area (Å²) < 4.78 is 7.32. The van der Waals surface area contributed by atoms with Gasteiger partial charge in [0.2, 0.25) is 5.91 Å². The number of nitrogens with zero attached hydrogens (tertiary/aromatic N) is 2. The maximum atomic E-state index is 12.3. The summed E-state index contributed by atoms with van der Waals surface area (Å²) >= 11 is 0. The third-order valence-corrected chi connectivity index (χ3v) is 5.55. The molecule has 0 aliphatic carbocycles. The van der Waals surface area contributed by atoms with Crippen LogP contribution < -0.4 is 10.1 Å². The van der Waals surface area contributed by atoms with E-state index < -0.39 is 0 Å². The predicted octanol–water partition coefficient (Wildman–Crippen LogP) is 4.94. The van der Waals surface area contributed by atoms with Crippen molar-refractivity contribution < 1.29 is 9.53 Å². The molecule has 1 aromatic heterocycles. The number of imidazole rings is 1. The fourth-order valence-corrected chi connectivity index (χ4v) is 3.70. The van der Waals surface area contributed by atoms with Crippen molar-refractivity contribution in [2.75, 3.05) is 12.4 Å². The van der Waals surface area contributed by atoms with E-state index in [2.05, 4.69) is 35.1 Å². The van der Waals surface area contributed by atoms with Crippen LogP contribution in [0.2, 0.25) is 0 Å². The highest BCUT2D eigenvalue weighted by atomic mass is 16.5. The number of nitrogens with one attached hydrogen (secondary N) is 1. The maximum absolute atomic E-state index is 12.3. The molecule has 158 valence electrons. The second-order valence-electron chi connectivity index (χ2n) is 7.67. The molecule has 0 unspecified atom stereocenters. The van der Waals surface area contributed by atoms with Crippen LogP contribution in [-0.4, -0.2) is 22.6 Å². The minimum Gasteiger partial charge on any atom is -0.497 e. The number of hydrogen-bond acceptors (Lipinski definition) is 3. The largest absolute Gasteiger partial charge is 0.497 e. The lowest BCUT2D eigenvalue weighted by molar-refractivity contribution is -0.116. The van der Waals surface area contributed by atoms with Crippen molar-refractivity contribution in [2.24, 2.45) is 7.05 Å². The Bertz CT molecular complexity index is 1160. The van der Waals surface area contributed by atoms with Gasteiger partial charge in [0.1, 0.15) is 11.6 Å². The first-order valence-corrected chi connectivity index (χ1v) is 10.5. The number of para-hydroxylation sites is 2. The van der Waals surface area contributed by atoms with E-state index in [1.807, 2.05) is 54.6 Å². The maximum Gasteiger partial charge on any atom is 0.224 e. The standard InChI is InChI=1S/C26H27N3O2/c1-29-24-6-4-3-5-23(24)28-25(29)17-11-19-7-13-21(14-8-19)27-26(30)18-12-20-9-15-22(31-2)16-10-20/h3-10,13-16H,11-12,17-18H2,1-2H3,(H,27,30). The van der Waals surface area contributed by atoms with Gasteiger partial charge in [0.15, 0.2) is 0 Å². The SMILES string of the molecule is COc1ccc(CCC(=O)Nc2ccc(CCc3nc4ccccc4n3C)cc2)cc1. The van der Waals surface area contributed by atoms with E-state index in [0.717, 1.165) is 46.7 Å². The second kappa shape index (κ2) is 9.47. The van der Waals surface area contributed by atoms with Gasteiger partial charge in [-0.1, -0.05) is 36.4 Å². The highest BCUT2D eigenvalue weighted by Crippen LogP contribution is 2.17. The summed E-state index contributed by atoms with van der Waals surface area (Å²) in [5, 5.41) is 2.98. The highest BCUT2D eigenvalue weighted by Gasteiger charge is 2.08. The summed E-state index contributed by atoms with van der Waals surface area (Å²) in [7, 11) is 3.71. The number of hydrogen-bond donors (Lipinski definition) is 1. The Hall–Kier alpha value is -3.60. The molecule has 31 heavy (non-hydrogen) atoms. The molecule has 0 saturated heterocycles. The molecule has 0 spiro atoms. The number of ether oxygens (including phenoxy) is 1. The number of methoxy groups -OCH3 is 1. The summed E-state index contributed by atoms with van der Waals surface area (Å²) in [5.41, 5.74) is 5.36. The third-order valence-electron chi connectivity index (χ3n) is 5.55. The van der Waals surface area contributed by atoms with Crippen LogP contribution in [0.1, 0.15) is 23.4 Å². The lowest BCUT2D eigenvalue weighted by Crippen LogP contribution is -2.12. The van der Waals surface area contributed by atoms with E-state index in [4.69, 9.17) is 9.72 Å². The molecule has 0 saturated carbocycles. The van der Waals surface area contributed by atoms with Crippen LogP contribution in [0.25, 0.3) is 11.0 Å². The number of aromatic nitrogens is 2. The van der Waals surface area contributed by atoms with Gasteiger partial charge in [0, 0.05) is 25.6 Å². The van der Waals surface area contributed by atoms with E-state index in [-0.39, 0.29) is 5.91 Å². The van der Waals surface area contributed by atoms with Gasteiger partial charge in [0.25, 0.3) is 0 Å². The van der Waals surface area contributed by atoms with Gasteiger partial charge in [-0.15, -0.1) is 0 Å². The molecule has 0 aliphatic heterocycles. The lowest BCUT2D eigenvalue weighted by atomic mass is 10.1. The Morgan fingerprint density at radius 2 is 1.58 bits per heavy atom. The molecule has 5 heteroatoms. The summed E-state index contributed by atoms with van der Waals surface area (Å²) in [4.78, 5) is 17.0. The van der Waals surface area contributed by atoms with E-state index in [9.17, 15) is 4.79 Å². The Morgan fingerprint density at radius 3 is 2.29 bits per heavy atom. The molecular weight excluding hydrogens is 386 g/mol. The highest BCUT2D eigenvalue weighted by molar-refractivity contribution is 5.90. The normalized spacial score (nSPS) is 10.9. The summed E-state index contributed by atoms with van der Waals surface area (Å²) in [6.07, 6.45) is 2.92. The molecule has 4 rings (SSSR count). The second-order valence-corrected chi connectivity index (χ2v) is 7.67. The zero-order valence-electron chi connectivity index (χ0n) is 18.0. The van der Waals surface area contributed by atoms with Crippen LogP contribution in [0.4, 0.5) is 5.69 Å². The number of benzene rings is 3. The van der Waals surface area contributed by atoms with Gasteiger partial charge in [-0.05, 0) is 60.4 Å². The molecule has 0 fully saturated rings. The van der Waals surface area contributed by atoms with Gasteiger partial charge < -0.3 is 14.6 Å². The zero-order valence-corrected chi connectivity index (χ0v) is 18.0. The number of rotatable bonds is 8. The van der Waals surface area contributed by atoms with E-state index in [1.165, 1.54) is 5.56 Å². The molecule has 0 aliphatic rings. The molecule has 4 aromatic rings. The Labute approximate surface area is 182 Å². The van der Waals surface area contributed by atoms with Crippen molar-refractivity contribution in [3.05, 3.63) is 89.7 Å². The molecular formula is C26H27N3O2. The third kappa shape index (κ3) is 5.12. The number of aryl methyl sites for hydroxylation is 4. The average molecular weight is 414 g/mol. The van der Waals surface area contributed by atoms with Crippen molar-refractivity contribution in [1.82, 2.24) is 9.55 Å². The van der Waals surface area contributed by atoms with Gasteiger partial charge in [-0.3, -0.25) is 4.79 Å². The van der Waals surface area contributed by atoms with Crippen molar-refractivity contribution in [3.8, 4) is 5.75 Å². The predicted molar refractivity (Wildman–Crippen MR) is 125 cm³/mol. The zero-order chi connectivity index (χ0) is 21.6. The molecule has 0 bridgehead atoms.